The summed E-state index contributed by atoms with van der Waals surface area (Å²) in [4.78, 5) is 2.47. The molecule has 1 aliphatic heterocycles. The molecule has 5 heteroatoms. The van der Waals surface area contributed by atoms with Gasteiger partial charge < -0.3 is 10.0 Å². The van der Waals surface area contributed by atoms with Crippen LogP contribution in [0.15, 0.2) is 36.7 Å². The van der Waals surface area contributed by atoms with Gasteiger partial charge in [-0.1, -0.05) is 35.9 Å². The first-order valence-electron chi connectivity index (χ1n) is 8.34. The van der Waals surface area contributed by atoms with Crippen LogP contribution >= 0.6 is 11.6 Å². The van der Waals surface area contributed by atoms with Gasteiger partial charge in [-0.2, -0.15) is 5.10 Å². The molecule has 0 radical (unpaired) electrons. The first-order valence-corrected chi connectivity index (χ1v) is 8.72. The summed E-state index contributed by atoms with van der Waals surface area (Å²) in [5.41, 5.74) is 2.69. The maximum atomic E-state index is 10.7. The molecule has 1 fully saturated rings. The summed E-state index contributed by atoms with van der Waals surface area (Å²) in [7, 11) is 0. The maximum absolute atomic E-state index is 10.7. The van der Waals surface area contributed by atoms with E-state index in [4.69, 9.17) is 11.6 Å². The van der Waals surface area contributed by atoms with Gasteiger partial charge in [0.2, 0.25) is 0 Å². The Kier molecular flexibility index (Phi) is 3.92. The Hall–Kier alpha value is -1.36. The van der Waals surface area contributed by atoms with Crippen molar-refractivity contribution in [3.8, 4) is 0 Å². The lowest BCUT2D eigenvalue weighted by Crippen LogP contribution is -2.47. The average Bonchev–Trinajstić information content (AvgIpc) is 3.10. The predicted octanol–water partition coefficient (Wildman–Crippen LogP) is 2.49. The molecule has 0 unspecified atom stereocenters. The van der Waals surface area contributed by atoms with Gasteiger partial charge in [0.1, 0.15) is 0 Å². The standard InChI is InChI=1S/C18H22ClN3O/c19-15-12-20-22(13-15)10-9-21-7-5-18(6-8-21)16-4-2-1-3-14(16)11-17(18)23/h1-4,12-13,17,23H,5-11H2/t17-/m1/s1. The summed E-state index contributed by atoms with van der Waals surface area (Å²) in [5, 5.41) is 15.6. The number of aliphatic hydroxyl groups is 1. The van der Waals surface area contributed by atoms with Crippen LogP contribution in [0.1, 0.15) is 24.0 Å². The van der Waals surface area contributed by atoms with Gasteiger partial charge in [-0.3, -0.25) is 4.68 Å². The fraction of sp³-hybridized carbons (Fsp3) is 0.500. The van der Waals surface area contributed by atoms with Crippen molar-refractivity contribution in [1.29, 1.82) is 0 Å². The Morgan fingerprint density at radius 3 is 2.74 bits per heavy atom. The van der Waals surface area contributed by atoms with Crippen LogP contribution in [-0.2, 0) is 18.4 Å². The molecule has 23 heavy (non-hydrogen) atoms. The second-order valence-corrected chi connectivity index (χ2v) is 7.23. The van der Waals surface area contributed by atoms with E-state index < -0.39 is 0 Å². The zero-order valence-corrected chi connectivity index (χ0v) is 13.9. The molecule has 4 rings (SSSR count). The van der Waals surface area contributed by atoms with Crippen molar-refractivity contribution in [3.63, 3.8) is 0 Å². The molecule has 1 aromatic carbocycles. The van der Waals surface area contributed by atoms with E-state index in [0.29, 0.717) is 5.02 Å². The average molecular weight is 332 g/mol. The maximum Gasteiger partial charge on any atom is 0.0785 e. The van der Waals surface area contributed by atoms with Gasteiger partial charge >= 0.3 is 0 Å². The molecular weight excluding hydrogens is 310 g/mol. The molecule has 122 valence electrons. The Labute approximate surface area is 141 Å². The topological polar surface area (TPSA) is 41.3 Å². The number of hydrogen-bond acceptors (Lipinski definition) is 3. The molecule has 2 heterocycles. The molecule has 0 saturated carbocycles. The van der Waals surface area contributed by atoms with Gasteiger partial charge in [0.25, 0.3) is 0 Å². The lowest BCUT2D eigenvalue weighted by molar-refractivity contribution is 0.0423. The monoisotopic (exact) mass is 331 g/mol. The predicted molar refractivity (Wildman–Crippen MR) is 90.7 cm³/mol. The number of hydrogen-bond donors (Lipinski definition) is 1. The molecule has 2 aromatic rings. The van der Waals surface area contributed by atoms with E-state index in [1.807, 2.05) is 10.9 Å². The zero-order chi connectivity index (χ0) is 15.9. The molecule has 1 aromatic heterocycles. The van der Waals surface area contributed by atoms with Crippen molar-refractivity contribution in [2.45, 2.75) is 37.3 Å². The number of fused-ring (bicyclic) bond motifs is 2. The Morgan fingerprint density at radius 2 is 2.00 bits per heavy atom. The molecular formula is C18H22ClN3O. The Balaban J connectivity index is 1.41. The van der Waals surface area contributed by atoms with Gasteiger partial charge in [0.05, 0.1) is 23.9 Å². The number of likely N-dealkylation sites (tertiary alicyclic amines) is 1. The summed E-state index contributed by atoms with van der Waals surface area (Å²) in [6.45, 7) is 3.89. The van der Waals surface area contributed by atoms with Crippen LogP contribution in [0, 0.1) is 0 Å². The Morgan fingerprint density at radius 1 is 1.22 bits per heavy atom. The van der Waals surface area contributed by atoms with Gasteiger partial charge in [-0.05, 0) is 43.5 Å². The number of rotatable bonds is 3. The van der Waals surface area contributed by atoms with Crippen LogP contribution in [0.3, 0.4) is 0 Å². The number of aromatic nitrogens is 2. The molecule has 4 nitrogen and oxygen atoms in total. The van der Waals surface area contributed by atoms with E-state index in [-0.39, 0.29) is 11.5 Å². The third-order valence-electron chi connectivity index (χ3n) is 5.60. The lowest BCUT2D eigenvalue weighted by atomic mass is 9.72. The summed E-state index contributed by atoms with van der Waals surface area (Å²) < 4.78 is 1.90. The number of nitrogens with zero attached hydrogens (tertiary/aromatic N) is 3. The molecule has 1 atom stereocenters. The normalized spacial score (nSPS) is 23.3. The second kappa shape index (κ2) is 5.93. The molecule has 0 bridgehead atoms. The smallest absolute Gasteiger partial charge is 0.0785 e. The van der Waals surface area contributed by atoms with Crippen LogP contribution in [0.25, 0.3) is 0 Å². The zero-order valence-electron chi connectivity index (χ0n) is 13.2. The fourth-order valence-electron chi connectivity index (χ4n) is 4.25. The first-order chi connectivity index (χ1) is 11.2. The number of benzene rings is 1. The van der Waals surface area contributed by atoms with E-state index in [9.17, 15) is 5.11 Å². The quantitative estimate of drug-likeness (QED) is 0.939. The highest BCUT2D eigenvalue weighted by Crippen LogP contribution is 2.46. The molecule has 0 amide bonds. The molecule has 1 aliphatic carbocycles. The minimum Gasteiger partial charge on any atom is -0.392 e. The summed E-state index contributed by atoms with van der Waals surface area (Å²) in [6.07, 6.45) is 6.19. The number of aliphatic hydroxyl groups excluding tert-OH is 1. The molecule has 2 aliphatic rings. The third-order valence-corrected chi connectivity index (χ3v) is 5.80. The highest BCUT2D eigenvalue weighted by Gasteiger charge is 2.47. The van der Waals surface area contributed by atoms with Crippen molar-refractivity contribution in [2.24, 2.45) is 0 Å². The van der Waals surface area contributed by atoms with E-state index >= 15 is 0 Å². The Bertz CT molecular complexity index is 691. The van der Waals surface area contributed by atoms with E-state index in [1.54, 1.807) is 6.20 Å². The summed E-state index contributed by atoms with van der Waals surface area (Å²) in [5.74, 6) is 0. The van der Waals surface area contributed by atoms with Crippen LogP contribution < -0.4 is 0 Å². The van der Waals surface area contributed by atoms with Crippen molar-refractivity contribution < 1.29 is 5.11 Å². The van der Waals surface area contributed by atoms with Crippen LogP contribution in [0.2, 0.25) is 5.02 Å². The van der Waals surface area contributed by atoms with Crippen molar-refractivity contribution >= 4 is 11.6 Å². The summed E-state index contributed by atoms with van der Waals surface area (Å²) in [6, 6.07) is 8.56. The minimum atomic E-state index is -0.230. The highest BCUT2D eigenvalue weighted by molar-refractivity contribution is 6.30. The van der Waals surface area contributed by atoms with E-state index in [1.165, 1.54) is 11.1 Å². The molecule has 1 N–H and O–H groups in total. The van der Waals surface area contributed by atoms with Gasteiger partial charge in [0, 0.05) is 18.2 Å². The van der Waals surface area contributed by atoms with Crippen LogP contribution in [-0.4, -0.2) is 45.5 Å². The molecule has 1 saturated heterocycles. The minimum absolute atomic E-state index is 0.0257. The van der Waals surface area contributed by atoms with Gasteiger partial charge in [0.15, 0.2) is 0 Å². The largest absolute Gasteiger partial charge is 0.392 e. The van der Waals surface area contributed by atoms with Crippen molar-refractivity contribution in [1.82, 2.24) is 14.7 Å². The van der Waals surface area contributed by atoms with Crippen molar-refractivity contribution in [2.75, 3.05) is 19.6 Å². The number of halogens is 1. The van der Waals surface area contributed by atoms with Gasteiger partial charge in [-0.15, -0.1) is 0 Å². The van der Waals surface area contributed by atoms with Crippen LogP contribution in [0.5, 0.6) is 0 Å². The van der Waals surface area contributed by atoms with Gasteiger partial charge in [-0.25, -0.2) is 0 Å². The molecule has 1 spiro atoms. The summed E-state index contributed by atoms with van der Waals surface area (Å²) >= 11 is 5.90. The highest BCUT2D eigenvalue weighted by atomic mass is 35.5. The van der Waals surface area contributed by atoms with E-state index in [2.05, 4.69) is 34.3 Å². The second-order valence-electron chi connectivity index (χ2n) is 6.80. The van der Waals surface area contributed by atoms with Crippen LogP contribution in [0.4, 0.5) is 0 Å². The third kappa shape index (κ3) is 2.69. The fourth-order valence-corrected chi connectivity index (χ4v) is 4.41. The first kappa shape index (κ1) is 15.2. The number of piperidine rings is 1. The lowest BCUT2D eigenvalue weighted by Gasteiger charge is -2.42. The SMILES string of the molecule is O[C@@H]1Cc2ccccc2C12CCN(CCn1cc(Cl)cn1)CC2. The van der Waals surface area contributed by atoms with Crippen molar-refractivity contribution in [3.05, 3.63) is 52.8 Å². The van der Waals surface area contributed by atoms with E-state index in [0.717, 1.165) is 45.4 Å².